The van der Waals surface area contributed by atoms with Crippen LogP contribution in [0.3, 0.4) is 0 Å². The Balaban J connectivity index is 1.03. The number of benzene rings is 1. The van der Waals surface area contributed by atoms with E-state index in [0.717, 1.165) is 0 Å². The Hall–Kier alpha value is -5.16. The molecule has 242 valence electrons. The first-order chi connectivity index (χ1) is 22.3. The van der Waals surface area contributed by atoms with Crippen molar-refractivity contribution in [3.63, 3.8) is 0 Å². The maximum atomic E-state index is 15.4. The van der Waals surface area contributed by atoms with Gasteiger partial charge in [0, 0.05) is 69.6 Å². The zero-order chi connectivity index (χ0) is 32.2. The largest absolute Gasteiger partial charge is 0.363 e. The molecular formula is C29H31F2N9O6. The smallest absolute Gasteiger partial charge is 0.289 e. The number of ether oxygens (including phenoxy) is 2. The van der Waals surface area contributed by atoms with Crippen LogP contribution in [0.1, 0.15) is 28.0 Å². The molecule has 2 aliphatic heterocycles. The van der Waals surface area contributed by atoms with Crippen molar-refractivity contribution in [1.82, 2.24) is 35.1 Å². The van der Waals surface area contributed by atoms with Crippen molar-refractivity contribution in [1.29, 1.82) is 0 Å². The van der Waals surface area contributed by atoms with Gasteiger partial charge in [0.15, 0.2) is 11.6 Å². The van der Waals surface area contributed by atoms with Crippen molar-refractivity contribution in [3.8, 4) is 0 Å². The molecule has 2 unspecified atom stereocenters. The summed E-state index contributed by atoms with van der Waals surface area (Å²) in [5.41, 5.74) is 0.179. The summed E-state index contributed by atoms with van der Waals surface area (Å²) in [5.74, 6) is -2.43. The second-order valence-corrected chi connectivity index (χ2v) is 10.8. The van der Waals surface area contributed by atoms with E-state index in [4.69, 9.17) is 14.0 Å². The lowest BCUT2D eigenvalue weighted by atomic mass is 10.1. The summed E-state index contributed by atoms with van der Waals surface area (Å²) >= 11 is 0. The molecule has 17 heteroatoms. The number of halogens is 2. The molecule has 2 fully saturated rings. The Kier molecular flexibility index (Phi) is 9.02. The second kappa shape index (κ2) is 13.5. The number of hydrogen-bond acceptors (Lipinski definition) is 11. The van der Waals surface area contributed by atoms with Crippen LogP contribution in [0.25, 0.3) is 5.78 Å². The Morgan fingerprint density at radius 2 is 1.85 bits per heavy atom. The highest BCUT2D eigenvalue weighted by Gasteiger charge is 2.30. The topological polar surface area (TPSA) is 160 Å². The Morgan fingerprint density at radius 1 is 1.07 bits per heavy atom. The van der Waals surface area contributed by atoms with Crippen LogP contribution in [0.4, 0.5) is 20.2 Å². The molecule has 46 heavy (non-hydrogen) atoms. The van der Waals surface area contributed by atoms with Crippen LogP contribution in [-0.2, 0) is 14.3 Å². The molecule has 2 aliphatic rings. The standard InChI is InChI=1S/C29H31F2N9O6/c1-18(35-26(41)23-15-39-6-2-4-32-29(39)36-23)28(43)38-9-7-37(8-10-38)25-21(30)11-19(12-22(25)31)40-14-20(45-17-44-16-40)13-33-27(42)24-3-5-34-46-24/h2-6,11-12,15,18,20H,7-10,13-14,16-17H2,1H3,(H,33,42)(H,35,41). The zero-order valence-electron chi connectivity index (χ0n) is 24.8. The highest BCUT2D eigenvalue weighted by atomic mass is 19.1. The van der Waals surface area contributed by atoms with Gasteiger partial charge in [-0.3, -0.25) is 18.8 Å². The first kappa shape index (κ1) is 30.8. The molecule has 3 amide bonds. The molecule has 4 aromatic rings. The van der Waals surface area contributed by atoms with E-state index in [9.17, 15) is 14.4 Å². The summed E-state index contributed by atoms with van der Waals surface area (Å²) in [5, 5.41) is 8.84. The van der Waals surface area contributed by atoms with E-state index in [1.165, 1.54) is 30.6 Å². The number of nitrogens with zero attached hydrogens (tertiary/aromatic N) is 7. The fraction of sp³-hybridized carbons (Fsp3) is 0.379. The molecule has 2 N–H and O–H groups in total. The second-order valence-electron chi connectivity index (χ2n) is 10.8. The molecular weight excluding hydrogens is 608 g/mol. The third-order valence-corrected chi connectivity index (χ3v) is 7.67. The molecule has 0 aliphatic carbocycles. The zero-order valence-corrected chi connectivity index (χ0v) is 24.8. The normalized spacial score (nSPS) is 17.9. The van der Waals surface area contributed by atoms with Crippen LogP contribution in [0, 0.1) is 11.6 Å². The third-order valence-electron chi connectivity index (χ3n) is 7.67. The van der Waals surface area contributed by atoms with Gasteiger partial charge >= 0.3 is 0 Å². The third kappa shape index (κ3) is 6.74. The van der Waals surface area contributed by atoms with Gasteiger partial charge in [0.25, 0.3) is 11.8 Å². The molecule has 15 nitrogen and oxygen atoms in total. The molecule has 0 saturated carbocycles. The SMILES string of the molecule is CC(NC(=O)c1cn2cccnc2n1)C(=O)N1CCN(c2c(F)cc(N3COCOC(CNC(=O)c4ccno4)C3)cc2F)CC1. The lowest BCUT2D eigenvalue weighted by Crippen LogP contribution is -2.54. The monoisotopic (exact) mass is 639 g/mol. The average molecular weight is 640 g/mol. The van der Waals surface area contributed by atoms with E-state index in [-0.39, 0.29) is 81.5 Å². The van der Waals surface area contributed by atoms with E-state index >= 15 is 8.78 Å². The molecule has 2 saturated heterocycles. The number of imidazole rings is 1. The van der Waals surface area contributed by atoms with E-state index in [0.29, 0.717) is 5.78 Å². The molecule has 6 rings (SSSR count). The minimum absolute atomic E-state index is 0.0221. The van der Waals surface area contributed by atoms with E-state index in [1.54, 1.807) is 44.5 Å². The van der Waals surface area contributed by atoms with E-state index in [1.807, 2.05) is 0 Å². The van der Waals surface area contributed by atoms with Gasteiger partial charge in [-0.25, -0.2) is 18.7 Å². The minimum atomic E-state index is -0.844. The fourth-order valence-electron chi connectivity index (χ4n) is 5.31. The summed E-state index contributed by atoms with van der Waals surface area (Å²) in [6.07, 6.45) is 5.61. The van der Waals surface area contributed by atoms with Gasteiger partial charge in [-0.05, 0) is 25.1 Å². The van der Waals surface area contributed by atoms with Crippen molar-refractivity contribution < 1.29 is 37.2 Å². The van der Waals surface area contributed by atoms with Crippen LogP contribution in [0.2, 0.25) is 0 Å². The number of hydrogen-bond donors (Lipinski definition) is 2. The van der Waals surface area contributed by atoms with Gasteiger partial charge in [-0.15, -0.1) is 0 Å². The van der Waals surface area contributed by atoms with E-state index < -0.39 is 35.6 Å². The molecule has 2 atom stereocenters. The number of carbonyl (C=O) groups excluding carboxylic acids is 3. The van der Waals surface area contributed by atoms with Crippen LogP contribution in [0.5, 0.6) is 0 Å². The number of aromatic nitrogens is 4. The number of fused-ring (bicyclic) bond motifs is 1. The van der Waals surface area contributed by atoms with Gasteiger partial charge in [-0.1, -0.05) is 5.16 Å². The number of carbonyl (C=O) groups is 3. The summed E-state index contributed by atoms with van der Waals surface area (Å²) in [7, 11) is 0. The van der Waals surface area contributed by atoms with E-state index in [2.05, 4.69) is 25.8 Å². The quantitative estimate of drug-likeness (QED) is 0.284. The Labute approximate surface area is 261 Å². The lowest BCUT2D eigenvalue weighted by molar-refractivity contribution is -0.133. The molecule has 0 radical (unpaired) electrons. The number of piperazine rings is 1. The van der Waals surface area contributed by atoms with Gasteiger partial charge < -0.3 is 39.3 Å². The Bertz CT molecular complexity index is 1650. The first-order valence-corrected chi connectivity index (χ1v) is 14.5. The van der Waals surface area contributed by atoms with Gasteiger partial charge in [-0.2, -0.15) is 0 Å². The summed E-state index contributed by atoms with van der Waals surface area (Å²) in [4.78, 5) is 50.9. The van der Waals surface area contributed by atoms with Crippen molar-refractivity contribution in [2.75, 3.05) is 62.6 Å². The highest BCUT2D eigenvalue weighted by Crippen LogP contribution is 2.30. The molecule has 0 bridgehead atoms. The summed E-state index contributed by atoms with van der Waals surface area (Å²) < 4.78 is 48.4. The summed E-state index contributed by atoms with van der Waals surface area (Å²) in [6, 6.07) is 4.73. The summed E-state index contributed by atoms with van der Waals surface area (Å²) in [6.45, 7) is 2.61. The van der Waals surface area contributed by atoms with Crippen molar-refractivity contribution in [2.45, 2.75) is 19.1 Å². The van der Waals surface area contributed by atoms with Gasteiger partial charge in [0.05, 0.1) is 12.3 Å². The molecule has 1 aromatic carbocycles. The van der Waals surface area contributed by atoms with Crippen LogP contribution < -0.4 is 20.4 Å². The van der Waals surface area contributed by atoms with Crippen molar-refractivity contribution in [3.05, 3.63) is 72.1 Å². The number of rotatable bonds is 8. The van der Waals surface area contributed by atoms with Gasteiger partial charge in [0.2, 0.25) is 17.4 Å². The lowest BCUT2D eigenvalue weighted by Gasteiger charge is -2.37. The fourth-order valence-corrected chi connectivity index (χ4v) is 5.31. The maximum Gasteiger partial charge on any atom is 0.289 e. The maximum absolute atomic E-state index is 15.4. The Morgan fingerprint density at radius 3 is 2.57 bits per heavy atom. The first-order valence-electron chi connectivity index (χ1n) is 14.5. The number of amides is 3. The van der Waals surface area contributed by atoms with Crippen LogP contribution in [0.15, 0.2) is 53.6 Å². The van der Waals surface area contributed by atoms with Crippen LogP contribution >= 0.6 is 0 Å². The minimum Gasteiger partial charge on any atom is -0.363 e. The number of nitrogens with one attached hydrogen (secondary N) is 2. The molecule has 5 heterocycles. The predicted molar refractivity (Wildman–Crippen MR) is 157 cm³/mol. The highest BCUT2D eigenvalue weighted by molar-refractivity contribution is 5.96. The molecule has 0 spiro atoms. The van der Waals surface area contributed by atoms with Crippen molar-refractivity contribution in [2.24, 2.45) is 0 Å². The molecule has 3 aromatic heterocycles. The van der Waals surface area contributed by atoms with Gasteiger partial charge in [0.1, 0.15) is 30.9 Å². The number of anilines is 2. The predicted octanol–water partition coefficient (Wildman–Crippen LogP) is 1.03. The average Bonchev–Trinajstić information content (AvgIpc) is 3.69. The van der Waals surface area contributed by atoms with Crippen molar-refractivity contribution >= 4 is 34.9 Å². The van der Waals surface area contributed by atoms with Crippen LogP contribution in [-0.4, -0.2) is 107 Å².